The van der Waals surface area contributed by atoms with Crippen LogP contribution in [0.3, 0.4) is 0 Å². The molecule has 1 unspecified atom stereocenters. The number of benzene rings is 1. The van der Waals surface area contributed by atoms with Crippen molar-refractivity contribution < 1.29 is 9.53 Å². The lowest BCUT2D eigenvalue weighted by atomic mass is 10.2. The van der Waals surface area contributed by atoms with Crippen LogP contribution in [0.1, 0.15) is 5.56 Å². The molecular formula is C12H11Cl2NO2S. The minimum Gasteiger partial charge on any atom is -0.460 e. The average molecular weight is 304 g/mol. The first-order chi connectivity index (χ1) is 8.61. The highest BCUT2D eigenvalue weighted by Gasteiger charge is 2.07. The Bertz CT molecular complexity index is 431. The standard InChI is InChI=1S/C12H11Cl2NO2S/c13-10-3-1-9(2-4-10)6-17-12(16)8-18-7-11(14)5-15/h1-4,11H,6-8H2. The summed E-state index contributed by atoms with van der Waals surface area (Å²) in [5.74, 6) is 0.281. The van der Waals surface area contributed by atoms with E-state index in [2.05, 4.69) is 0 Å². The van der Waals surface area contributed by atoms with Gasteiger partial charge in [0.15, 0.2) is 0 Å². The van der Waals surface area contributed by atoms with Crippen molar-refractivity contribution >= 4 is 40.9 Å². The lowest BCUT2D eigenvalue weighted by Crippen LogP contribution is -2.09. The van der Waals surface area contributed by atoms with Gasteiger partial charge in [-0.3, -0.25) is 4.79 Å². The monoisotopic (exact) mass is 303 g/mol. The van der Waals surface area contributed by atoms with E-state index in [4.69, 9.17) is 33.2 Å². The zero-order valence-corrected chi connectivity index (χ0v) is 11.8. The van der Waals surface area contributed by atoms with E-state index in [1.165, 1.54) is 11.8 Å². The third kappa shape index (κ3) is 6.15. The Morgan fingerprint density at radius 2 is 2.11 bits per heavy atom. The number of ether oxygens (including phenoxy) is 1. The molecule has 0 radical (unpaired) electrons. The summed E-state index contributed by atoms with van der Waals surface area (Å²) in [6.45, 7) is 0.221. The van der Waals surface area contributed by atoms with Crippen LogP contribution in [0.5, 0.6) is 0 Å². The summed E-state index contributed by atoms with van der Waals surface area (Å²) < 4.78 is 5.05. The molecule has 0 aliphatic carbocycles. The Morgan fingerprint density at radius 3 is 2.72 bits per heavy atom. The molecule has 0 amide bonds. The summed E-state index contributed by atoms with van der Waals surface area (Å²) in [4.78, 5) is 11.4. The molecule has 0 aliphatic heterocycles. The number of hydrogen-bond acceptors (Lipinski definition) is 4. The van der Waals surface area contributed by atoms with Crippen molar-refractivity contribution in [3.8, 4) is 6.07 Å². The van der Waals surface area contributed by atoms with Gasteiger partial charge in [0.25, 0.3) is 0 Å². The van der Waals surface area contributed by atoms with Gasteiger partial charge in [0, 0.05) is 10.8 Å². The minimum absolute atomic E-state index is 0.193. The fraction of sp³-hybridized carbons (Fsp3) is 0.333. The van der Waals surface area contributed by atoms with Gasteiger partial charge in [-0.1, -0.05) is 23.7 Å². The van der Waals surface area contributed by atoms with Gasteiger partial charge in [0.1, 0.15) is 12.0 Å². The van der Waals surface area contributed by atoms with Crippen LogP contribution in [-0.2, 0) is 16.1 Å². The number of alkyl halides is 1. The van der Waals surface area contributed by atoms with Gasteiger partial charge in [-0.05, 0) is 17.7 Å². The fourth-order valence-corrected chi connectivity index (χ4v) is 2.11. The molecule has 0 spiro atoms. The molecule has 18 heavy (non-hydrogen) atoms. The Labute approximate surface area is 120 Å². The lowest BCUT2D eigenvalue weighted by Gasteiger charge is -2.05. The topological polar surface area (TPSA) is 50.1 Å². The molecule has 3 nitrogen and oxygen atoms in total. The van der Waals surface area contributed by atoms with Crippen LogP contribution in [0, 0.1) is 11.3 Å². The molecule has 0 aromatic heterocycles. The Kier molecular flexibility index (Phi) is 6.96. The van der Waals surface area contributed by atoms with Crippen molar-refractivity contribution in [1.29, 1.82) is 5.26 Å². The molecule has 0 fully saturated rings. The van der Waals surface area contributed by atoms with Crippen LogP contribution in [0.25, 0.3) is 0 Å². The van der Waals surface area contributed by atoms with Crippen molar-refractivity contribution in [2.45, 2.75) is 12.0 Å². The maximum Gasteiger partial charge on any atom is 0.316 e. The highest BCUT2D eigenvalue weighted by Crippen LogP contribution is 2.11. The van der Waals surface area contributed by atoms with E-state index in [-0.39, 0.29) is 18.3 Å². The van der Waals surface area contributed by atoms with E-state index in [0.29, 0.717) is 10.8 Å². The van der Waals surface area contributed by atoms with Crippen molar-refractivity contribution in [3.63, 3.8) is 0 Å². The molecule has 1 aromatic rings. The van der Waals surface area contributed by atoms with Crippen molar-refractivity contribution in [1.82, 2.24) is 0 Å². The van der Waals surface area contributed by atoms with Crippen LogP contribution in [0.2, 0.25) is 5.02 Å². The van der Waals surface area contributed by atoms with E-state index in [1.54, 1.807) is 24.3 Å². The van der Waals surface area contributed by atoms with Gasteiger partial charge in [0.2, 0.25) is 0 Å². The van der Waals surface area contributed by atoms with Gasteiger partial charge in [-0.15, -0.1) is 23.4 Å². The van der Waals surface area contributed by atoms with Gasteiger partial charge in [-0.25, -0.2) is 0 Å². The Morgan fingerprint density at radius 1 is 1.44 bits per heavy atom. The first-order valence-corrected chi connectivity index (χ1v) is 7.10. The number of carbonyl (C=O) groups is 1. The molecular weight excluding hydrogens is 293 g/mol. The summed E-state index contributed by atoms with van der Waals surface area (Å²) in [5.41, 5.74) is 0.880. The molecule has 96 valence electrons. The zero-order chi connectivity index (χ0) is 13.4. The van der Waals surface area contributed by atoms with Crippen molar-refractivity contribution in [2.24, 2.45) is 0 Å². The predicted octanol–water partition coefficient (Wildman–Crippen LogP) is 3.25. The summed E-state index contributed by atoms with van der Waals surface area (Å²) >= 11 is 12.6. The smallest absolute Gasteiger partial charge is 0.316 e. The predicted molar refractivity (Wildman–Crippen MR) is 73.8 cm³/mol. The summed E-state index contributed by atoms with van der Waals surface area (Å²) in [6.07, 6.45) is 0. The van der Waals surface area contributed by atoms with E-state index in [0.717, 1.165) is 5.56 Å². The largest absolute Gasteiger partial charge is 0.460 e. The van der Waals surface area contributed by atoms with Gasteiger partial charge >= 0.3 is 5.97 Å². The van der Waals surface area contributed by atoms with Gasteiger partial charge in [-0.2, -0.15) is 5.26 Å². The molecule has 0 bridgehead atoms. The number of thioether (sulfide) groups is 1. The molecule has 1 aromatic carbocycles. The Balaban J connectivity index is 2.21. The van der Waals surface area contributed by atoms with E-state index >= 15 is 0 Å². The highest BCUT2D eigenvalue weighted by molar-refractivity contribution is 8.00. The number of nitriles is 1. The van der Waals surface area contributed by atoms with Crippen LogP contribution in [0.15, 0.2) is 24.3 Å². The maximum absolute atomic E-state index is 11.4. The van der Waals surface area contributed by atoms with Crippen LogP contribution in [-0.4, -0.2) is 22.9 Å². The van der Waals surface area contributed by atoms with E-state index < -0.39 is 5.38 Å². The number of rotatable bonds is 6. The SMILES string of the molecule is N#CC(Cl)CSCC(=O)OCc1ccc(Cl)cc1. The van der Waals surface area contributed by atoms with Gasteiger partial charge in [0.05, 0.1) is 11.8 Å². The third-order valence-corrected chi connectivity index (χ3v) is 3.63. The molecule has 0 aliphatic rings. The molecule has 0 N–H and O–H groups in total. The van der Waals surface area contributed by atoms with E-state index in [1.807, 2.05) is 6.07 Å². The average Bonchev–Trinajstić information content (AvgIpc) is 2.38. The molecule has 1 rings (SSSR count). The first-order valence-electron chi connectivity index (χ1n) is 5.13. The molecule has 0 saturated carbocycles. The number of carbonyl (C=O) groups excluding carboxylic acids is 1. The molecule has 1 atom stereocenters. The highest BCUT2D eigenvalue weighted by atomic mass is 35.5. The number of halogens is 2. The minimum atomic E-state index is -0.570. The van der Waals surface area contributed by atoms with Crippen molar-refractivity contribution in [2.75, 3.05) is 11.5 Å². The lowest BCUT2D eigenvalue weighted by molar-refractivity contribution is -0.141. The van der Waals surface area contributed by atoms with Crippen molar-refractivity contribution in [3.05, 3.63) is 34.9 Å². The second kappa shape index (κ2) is 8.25. The van der Waals surface area contributed by atoms with Crippen LogP contribution < -0.4 is 0 Å². The van der Waals surface area contributed by atoms with Crippen LogP contribution >= 0.6 is 35.0 Å². The normalized spacial score (nSPS) is 11.6. The first kappa shape index (κ1) is 15.2. The second-order valence-electron chi connectivity index (χ2n) is 3.40. The molecule has 6 heteroatoms. The quantitative estimate of drug-likeness (QED) is 0.598. The Hall–Kier alpha value is -0.890. The second-order valence-corrected chi connectivity index (χ2v) is 5.39. The molecule has 0 heterocycles. The number of hydrogen-bond donors (Lipinski definition) is 0. The number of esters is 1. The molecule has 0 saturated heterocycles. The summed E-state index contributed by atoms with van der Waals surface area (Å²) in [6, 6.07) is 8.96. The third-order valence-electron chi connectivity index (χ3n) is 1.94. The zero-order valence-electron chi connectivity index (χ0n) is 9.44. The summed E-state index contributed by atoms with van der Waals surface area (Å²) in [5, 5.41) is 8.53. The number of nitrogens with zero attached hydrogens (tertiary/aromatic N) is 1. The van der Waals surface area contributed by atoms with Gasteiger partial charge < -0.3 is 4.74 Å². The fourth-order valence-electron chi connectivity index (χ4n) is 1.07. The summed E-state index contributed by atoms with van der Waals surface area (Å²) in [7, 11) is 0. The van der Waals surface area contributed by atoms with Crippen LogP contribution in [0.4, 0.5) is 0 Å². The maximum atomic E-state index is 11.4. The van der Waals surface area contributed by atoms with E-state index in [9.17, 15) is 4.79 Å².